The number of allylic oxidation sites excluding steroid dienone is 1. The van der Waals surface area contributed by atoms with E-state index in [4.69, 9.17) is 5.11 Å². The van der Waals surface area contributed by atoms with Crippen LogP contribution < -0.4 is 4.90 Å². The van der Waals surface area contributed by atoms with Gasteiger partial charge in [0.15, 0.2) is 5.78 Å². The summed E-state index contributed by atoms with van der Waals surface area (Å²) in [4.78, 5) is 13.7. The predicted octanol–water partition coefficient (Wildman–Crippen LogP) is 5.70. The van der Waals surface area contributed by atoms with Gasteiger partial charge in [0.2, 0.25) is 10.0 Å². The van der Waals surface area contributed by atoms with Crippen LogP contribution >= 0.6 is 0 Å². The minimum atomic E-state index is -3.87. The van der Waals surface area contributed by atoms with Crippen molar-refractivity contribution in [2.45, 2.75) is 24.3 Å². The zero-order valence-corrected chi connectivity index (χ0v) is 24.1. The molecule has 4 aromatic rings. The lowest BCUT2D eigenvalue weighted by atomic mass is 10.0. The van der Waals surface area contributed by atoms with Crippen LogP contribution in [0.25, 0.3) is 22.4 Å². The maximum Gasteiger partial charge on any atom is 0.244 e. The number of hydrogen-bond acceptors (Lipinski definition) is 5. The number of fused-ring (bicyclic) bond motifs is 2. The van der Waals surface area contributed by atoms with E-state index in [-0.39, 0.29) is 12.3 Å². The zero-order valence-electron chi connectivity index (χ0n) is 23.3. The molecule has 1 aliphatic carbocycles. The Balaban J connectivity index is 1.49. The maximum atomic E-state index is 14.4. The van der Waals surface area contributed by atoms with Crippen LogP contribution in [0.1, 0.15) is 28.7 Å². The Morgan fingerprint density at radius 2 is 1.63 bits per heavy atom. The van der Waals surface area contributed by atoms with E-state index in [1.807, 2.05) is 85.7 Å². The number of benzene rings is 4. The smallest absolute Gasteiger partial charge is 0.244 e. The molecule has 0 aliphatic heterocycles. The van der Waals surface area contributed by atoms with Crippen LogP contribution in [0, 0.1) is 0 Å². The van der Waals surface area contributed by atoms with Crippen molar-refractivity contribution >= 4 is 43.9 Å². The van der Waals surface area contributed by atoms with Crippen molar-refractivity contribution in [3.63, 3.8) is 0 Å². The van der Waals surface area contributed by atoms with Crippen molar-refractivity contribution in [1.29, 1.82) is 0 Å². The molecule has 210 valence electrons. The zero-order chi connectivity index (χ0) is 29.0. The van der Waals surface area contributed by atoms with Gasteiger partial charge in [0, 0.05) is 43.6 Å². The second-order valence-electron chi connectivity index (χ2n) is 10.4. The fourth-order valence-electron chi connectivity index (χ4n) is 5.32. The van der Waals surface area contributed by atoms with Crippen molar-refractivity contribution in [3.05, 3.63) is 119 Å². The van der Waals surface area contributed by atoms with E-state index in [1.165, 1.54) is 22.8 Å². The van der Waals surface area contributed by atoms with E-state index in [0.717, 1.165) is 28.6 Å². The molecule has 0 radical (unpaired) electrons. The molecule has 5 rings (SSSR count). The van der Waals surface area contributed by atoms with E-state index < -0.39 is 16.6 Å². The Bertz CT molecular complexity index is 1740. The number of ketones is 1. The number of carbonyl (C=O) groups excluding carboxylic acids is 1. The number of carbonyl (C=O) groups is 1. The summed E-state index contributed by atoms with van der Waals surface area (Å²) in [5, 5.41) is 10.5. The van der Waals surface area contributed by atoms with Gasteiger partial charge in [0.05, 0.1) is 4.90 Å². The molecule has 7 heteroatoms. The molecular weight excluding hydrogens is 532 g/mol. The lowest BCUT2D eigenvalue weighted by Gasteiger charge is -2.24. The third-order valence-corrected chi connectivity index (χ3v) is 9.38. The number of aliphatic hydroxyl groups excluding tert-OH is 1. The quantitative estimate of drug-likeness (QED) is 0.236. The molecule has 0 atom stereocenters. The summed E-state index contributed by atoms with van der Waals surface area (Å²) in [6, 6.07) is 27.0. The fraction of sp³-hybridized carbons (Fsp3) is 0.206. The van der Waals surface area contributed by atoms with Crippen LogP contribution in [-0.2, 0) is 27.8 Å². The minimum Gasteiger partial charge on any atom is -0.388 e. The first-order chi connectivity index (χ1) is 19.8. The van der Waals surface area contributed by atoms with Gasteiger partial charge in [-0.25, -0.2) is 8.42 Å². The van der Waals surface area contributed by atoms with Crippen LogP contribution in [0.15, 0.2) is 102 Å². The molecule has 0 heterocycles. The molecule has 1 aliphatic rings. The molecule has 6 nitrogen and oxygen atoms in total. The van der Waals surface area contributed by atoms with Crippen LogP contribution in [0.2, 0.25) is 0 Å². The van der Waals surface area contributed by atoms with Crippen molar-refractivity contribution in [2.24, 2.45) is 0 Å². The van der Waals surface area contributed by atoms with Crippen molar-refractivity contribution < 1.29 is 18.3 Å². The van der Waals surface area contributed by atoms with E-state index in [1.54, 1.807) is 16.4 Å². The average Bonchev–Trinajstić information content (AvgIpc) is 3.40. The molecule has 0 bridgehead atoms. The van der Waals surface area contributed by atoms with Crippen molar-refractivity contribution in [1.82, 2.24) is 4.31 Å². The highest BCUT2D eigenvalue weighted by atomic mass is 32.2. The van der Waals surface area contributed by atoms with Crippen LogP contribution in [-0.4, -0.2) is 50.9 Å². The summed E-state index contributed by atoms with van der Waals surface area (Å²) >= 11 is 0. The summed E-state index contributed by atoms with van der Waals surface area (Å²) in [5.74, 6) is -0.373. The number of aliphatic hydroxyl groups is 1. The maximum absolute atomic E-state index is 14.4. The molecule has 4 aromatic carbocycles. The Hall–Kier alpha value is -4.04. The first-order valence-electron chi connectivity index (χ1n) is 13.6. The number of nitrogens with zero attached hydrogens (tertiary/aromatic N) is 2. The van der Waals surface area contributed by atoms with Gasteiger partial charge in [-0.2, -0.15) is 4.31 Å². The Labute approximate surface area is 241 Å². The molecule has 41 heavy (non-hydrogen) atoms. The molecule has 0 amide bonds. The minimum absolute atomic E-state index is 0.209. The van der Waals surface area contributed by atoms with Gasteiger partial charge in [-0.1, -0.05) is 84.9 Å². The Morgan fingerprint density at radius 3 is 2.39 bits per heavy atom. The Kier molecular flexibility index (Phi) is 8.49. The van der Waals surface area contributed by atoms with Gasteiger partial charge >= 0.3 is 0 Å². The summed E-state index contributed by atoms with van der Waals surface area (Å²) in [5.41, 5.74) is 6.23. The van der Waals surface area contributed by atoms with Gasteiger partial charge in [-0.3, -0.25) is 4.79 Å². The first kappa shape index (κ1) is 28.5. The van der Waals surface area contributed by atoms with Crippen molar-refractivity contribution in [2.75, 3.05) is 32.1 Å². The fourth-order valence-corrected chi connectivity index (χ4v) is 6.95. The molecule has 0 fully saturated rings. The monoisotopic (exact) mass is 566 g/mol. The molecule has 0 spiro atoms. The highest BCUT2D eigenvalue weighted by molar-refractivity contribution is 7.89. The third kappa shape index (κ3) is 6.17. The van der Waals surface area contributed by atoms with Crippen LogP contribution in [0.3, 0.4) is 0 Å². The normalized spacial score (nSPS) is 13.1. The van der Waals surface area contributed by atoms with E-state index in [0.29, 0.717) is 23.2 Å². The largest absolute Gasteiger partial charge is 0.388 e. The number of anilines is 1. The van der Waals surface area contributed by atoms with Gasteiger partial charge in [-0.15, -0.1) is 0 Å². The molecule has 0 aromatic heterocycles. The summed E-state index contributed by atoms with van der Waals surface area (Å²) in [6.45, 7) is 0.00597. The molecule has 0 saturated heterocycles. The van der Waals surface area contributed by atoms with Gasteiger partial charge in [0.1, 0.15) is 6.61 Å². The number of sulfonamides is 1. The number of hydrogen-bond donors (Lipinski definition) is 1. The van der Waals surface area contributed by atoms with Gasteiger partial charge in [0.25, 0.3) is 0 Å². The summed E-state index contributed by atoms with van der Waals surface area (Å²) in [7, 11) is 0.0335. The van der Waals surface area contributed by atoms with E-state index in [2.05, 4.69) is 18.2 Å². The van der Waals surface area contributed by atoms with E-state index in [9.17, 15) is 13.2 Å². The summed E-state index contributed by atoms with van der Waals surface area (Å²) < 4.78 is 30.3. The molecular formula is C34H34N2O4S. The topological polar surface area (TPSA) is 77.9 Å². The van der Waals surface area contributed by atoms with Crippen molar-refractivity contribution in [3.8, 4) is 0 Å². The number of rotatable bonds is 11. The average molecular weight is 567 g/mol. The van der Waals surface area contributed by atoms with E-state index >= 15 is 0 Å². The predicted molar refractivity (Wildman–Crippen MR) is 166 cm³/mol. The van der Waals surface area contributed by atoms with Crippen LogP contribution in [0.4, 0.5) is 5.69 Å². The SMILES string of the molecule is CN(C)c1cccc2c(S(=O)(=O)N(CCC3=CCc4ccccc43)Cc3ccc(/C=C/C(=O)CO)cc3)cccc12. The van der Waals surface area contributed by atoms with Gasteiger partial charge < -0.3 is 10.0 Å². The lowest BCUT2D eigenvalue weighted by Crippen LogP contribution is -2.32. The second kappa shape index (κ2) is 12.2. The molecule has 0 saturated carbocycles. The summed E-state index contributed by atoms with van der Waals surface area (Å²) in [6.07, 6.45) is 6.64. The Morgan fingerprint density at radius 1 is 0.902 bits per heavy atom. The third-order valence-electron chi connectivity index (χ3n) is 7.48. The molecule has 0 unspecified atom stereocenters. The standard InChI is InChI=1S/C34H34N2O4S/c1-35(2)33-11-5-10-32-31(33)9-6-12-34(32)41(39,40)36(22-21-28-19-18-27-7-3-4-8-30(27)28)23-26-15-13-25(14-16-26)17-20-29(38)24-37/h3-17,19-20,37H,18,21-24H2,1-2H3/b20-17+. The highest BCUT2D eigenvalue weighted by Crippen LogP contribution is 2.34. The van der Waals surface area contributed by atoms with Crippen LogP contribution in [0.5, 0.6) is 0 Å². The van der Waals surface area contributed by atoms with Gasteiger partial charge in [-0.05, 0) is 58.9 Å². The highest BCUT2D eigenvalue weighted by Gasteiger charge is 2.28. The first-order valence-corrected chi connectivity index (χ1v) is 15.1. The lowest BCUT2D eigenvalue weighted by molar-refractivity contribution is -0.117. The molecule has 1 N–H and O–H groups in total. The second-order valence-corrected chi connectivity index (χ2v) is 12.3.